The van der Waals surface area contributed by atoms with Gasteiger partial charge in [-0.2, -0.15) is 0 Å². The van der Waals surface area contributed by atoms with E-state index in [1.165, 1.54) is 43.3 Å². The molecule has 0 bridgehead atoms. The molecule has 0 aromatic carbocycles. The van der Waals surface area contributed by atoms with E-state index in [1.807, 2.05) is 4.91 Å². The third-order valence-electron chi connectivity index (χ3n) is 14.8. The third kappa shape index (κ3) is 0.0423. The Morgan fingerprint density at radius 2 is 1.20 bits per heavy atom. The zero-order valence-electron chi connectivity index (χ0n) is 8.07. The van der Waals surface area contributed by atoms with Gasteiger partial charge in [0, 0.05) is 0 Å². The summed E-state index contributed by atoms with van der Waals surface area (Å²) in [5.41, 5.74) is 17.9. The molecule has 4 nitrogen and oxygen atoms in total. The summed E-state index contributed by atoms with van der Waals surface area (Å²) in [4.78, 5) is 14.7. The van der Waals surface area contributed by atoms with Crippen molar-refractivity contribution in [3.05, 3.63) is 0 Å². The monoisotopic (exact) mass is 245 g/mol. The van der Waals surface area contributed by atoms with Crippen LogP contribution in [0.3, 0.4) is 0 Å². The van der Waals surface area contributed by atoms with Crippen molar-refractivity contribution in [1.82, 2.24) is 4.91 Å². The molecule has 10 rings (SSSR count). The van der Waals surface area contributed by atoms with Gasteiger partial charge in [-0.15, -0.1) is 0 Å². The second-order valence-electron chi connectivity index (χ2n) is 9.85. The van der Waals surface area contributed by atoms with Crippen molar-refractivity contribution in [2.24, 2.45) is 5.73 Å². The minimum absolute atomic E-state index is 0.694. The molecule has 10 heterocycles. The molecule has 10 aliphatic rings. The van der Waals surface area contributed by atoms with Gasteiger partial charge in [-0.25, -0.2) is 0 Å². The average Bonchev–Trinajstić information content (AvgIpc) is 3.13. The van der Waals surface area contributed by atoms with Crippen molar-refractivity contribution in [2.75, 3.05) is 0 Å². The summed E-state index contributed by atoms with van der Waals surface area (Å²) in [6.07, 6.45) is 0. The summed E-state index contributed by atoms with van der Waals surface area (Å²) < 4.78 is 0.694. The number of hydrogen-bond acceptors (Lipinski definition) is 3. The van der Waals surface area contributed by atoms with Gasteiger partial charge < -0.3 is 0 Å². The van der Waals surface area contributed by atoms with Gasteiger partial charge in [-0.3, -0.25) is 0 Å². The summed E-state index contributed by atoms with van der Waals surface area (Å²) in [5.74, 6) is 0. The van der Waals surface area contributed by atoms with Gasteiger partial charge in [0.1, 0.15) is 11.1 Å². The molecule has 0 aromatic heterocycles. The third-order valence-corrected chi connectivity index (χ3v) is 57.1. The van der Waals surface area contributed by atoms with Crippen molar-refractivity contribution >= 4 is 0 Å². The summed E-state index contributed by atoms with van der Waals surface area (Å²) in [7, 11) is 0. The Morgan fingerprint density at radius 1 is 0.867 bits per heavy atom. The summed E-state index contributed by atoms with van der Waals surface area (Å²) >= 11 is 0. The average molecular weight is 245 g/mol. The van der Waals surface area contributed by atoms with Gasteiger partial charge in [0.05, 0.1) is 0 Å². The maximum absolute atomic E-state index is 6.86. The van der Waals surface area contributed by atoms with Crippen LogP contribution >= 0.6 is 0 Å². The molecule has 4 unspecified atom stereocenters. The standard InChI is InChI=1S/C5H6N.C5H5.Fe.H2N3/c6-5-3-1-2-4-5;1-2-4-5-3-1;;1-3-2/h1-4H,6H2;1-5H;;1-2H/q;;;+1. The van der Waals surface area contributed by atoms with Gasteiger partial charge in [-0.05, 0) is 0 Å². The SMILES string of the molecule is N=[N+]=N.N[C]12[CH]3[CH]4[CH]5[CH]1[Fe]45321678[CH]2[CH]1[CH]6[CH]7[CH]28. The molecule has 10 aliphatic heterocycles. The van der Waals surface area contributed by atoms with Gasteiger partial charge in [0.25, 0.3) is 0 Å². The zero-order chi connectivity index (χ0) is 9.72. The van der Waals surface area contributed by atoms with Crippen molar-refractivity contribution in [2.45, 2.75) is 47.8 Å². The Morgan fingerprint density at radius 3 is 1.20 bits per heavy atom. The van der Waals surface area contributed by atoms with E-state index in [1.54, 1.807) is 0 Å². The second-order valence-corrected chi connectivity index (χ2v) is 33.5. The number of fused-ring (bicyclic) bond motifs is 10. The first-order chi connectivity index (χ1) is 6.96. The molecule has 0 aromatic rings. The van der Waals surface area contributed by atoms with Crippen LogP contribution in [0.5, 0.6) is 0 Å². The molecule has 5 heteroatoms. The fraction of sp³-hybridized carbons (Fsp3) is 1.00. The number of nitrogens with one attached hydrogen (secondary N) is 2. The molecule has 1 spiro atoms. The van der Waals surface area contributed by atoms with Gasteiger partial charge in [-0.1, -0.05) is 0 Å². The Labute approximate surface area is 76.3 Å². The Balaban J connectivity index is 0.000000165. The number of hydrogen-bond donors (Lipinski definition) is 3. The van der Waals surface area contributed by atoms with Crippen molar-refractivity contribution in [1.29, 1.82) is 11.1 Å². The van der Waals surface area contributed by atoms with Gasteiger partial charge >= 0.3 is 60.0 Å². The number of nitrogens with two attached hydrogens (primary N) is 1. The number of nitrogens with zero attached hydrogens (tertiary/aromatic N) is 1. The fourth-order valence-electron chi connectivity index (χ4n) is 16.3. The fourth-order valence-corrected chi connectivity index (χ4v) is 88.9. The zero-order valence-corrected chi connectivity index (χ0v) is 9.18. The molecule has 10 saturated heterocycles. The molecule has 0 saturated carbocycles. The van der Waals surface area contributed by atoms with E-state index >= 15 is 0 Å². The van der Waals surface area contributed by atoms with E-state index in [-0.39, 0.29) is 0 Å². The Kier molecular flexibility index (Phi) is 0.131. The van der Waals surface area contributed by atoms with Crippen LogP contribution in [0.2, 0.25) is 43.3 Å². The molecule has 15 heavy (non-hydrogen) atoms. The summed E-state index contributed by atoms with van der Waals surface area (Å²) in [5, 5.41) is 0. The number of rotatable bonds is 0. The second kappa shape index (κ2) is 0.363. The molecule has 80 valence electrons. The quantitative estimate of drug-likeness (QED) is 0.341. The summed E-state index contributed by atoms with van der Waals surface area (Å²) in [6.45, 7) is -2.67. The van der Waals surface area contributed by atoms with Gasteiger partial charge in [0.15, 0.2) is 0 Å². The van der Waals surface area contributed by atoms with Gasteiger partial charge in [0.2, 0.25) is 4.91 Å². The van der Waals surface area contributed by atoms with Crippen molar-refractivity contribution in [3.63, 3.8) is 0 Å². The van der Waals surface area contributed by atoms with E-state index in [0.29, 0.717) is 4.44 Å². The van der Waals surface area contributed by atoms with E-state index in [9.17, 15) is 0 Å². The minimum atomic E-state index is -2.67. The predicted octanol–water partition coefficient (Wildman–Crippen LogP) is 2.36. The molecular weight excluding hydrogens is 232 g/mol. The van der Waals surface area contributed by atoms with Crippen LogP contribution in [0.1, 0.15) is 0 Å². The first-order valence-corrected chi connectivity index (χ1v) is 12.3. The van der Waals surface area contributed by atoms with Crippen LogP contribution < -0.4 is 10.6 Å². The topological polar surface area (TPSA) is 87.8 Å². The normalized spacial score (nSPS) is 132. The molecule has 4 atom stereocenters. The molecule has 4 N–H and O–H groups in total. The van der Waals surface area contributed by atoms with E-state index in [4.69, 9.17) is 16.8 Å². The van der Waals surface area contributed by atoms with Crippen LogP contribution in [0.15, 0.2) is 0 Å². The first kappa shape index (κ1) is 5.41. The van der Waals surface area contributed by atoms with E-state index in [2.05, 4.69) is 0 Å². The first-order valence-electron chi connectivity index (χ1n) is 5.99. The summed E-state index contributed by atoms with van der Waals surface area (Å²) in [6, 6.07) is 0. The van der Waals surface area contributed by atoms with Crippen LogP contribution in [-0.2, 0) is 6.51 Å². The van der Waals surface area contributed by atoms with E-state index < -0.39 is 6.51 Å². The molecule has 0 radical (unpaired) electrons. The van der Waals surface area contributed by atoms with Crippen LogP contribution in [0.25, 0.3) is 0 Å². The van der Waals surface area contributed by atoms with E-state index in [0.717, 1.165) is 0 Å². The van der Waals surface area contributed by atoms with Crippen molar-refractivity contribution in [3.8, 4) is 0 Å². The molecule has 10 fully saturated rings. The Hall–Kier alpha value is -0.211. The molecular formula is C10H13FeN4+. The van der Waals surface area contributed by atoms with Crippen molar-refractivity contribution < 1.29 is 6.51 Å². The molecule has 0 amide bonds. The Bertz CT molecular complexity index is 845. The predicted molar refractivity (Wildman–Crippen MR) is 48.2 cm³/mol. The van der Waals surface area contributed by atoms with Crippen LogP contribution in [0, 0.1) is 11.1 Å². The van der Waals surface area contributed by atoms with Crippen LogP contribution in [0.4, 0.5) is 0 Å². The molecule has 0 aliphatic carbocycles. The maximum atomic E-state index is 6.86. The van der Waals surface area contributed by atoms with Crippen LogP contribution in [-0.4, -0.2) is 4.44 Å².